The van der Waals surface area contributed by atoms with Crippen LogP contribution in [0.25, 0.3) is 0 Å². The van der Waals surface area contributed by atoms with Gasteiger partial charge in [0.1, 0.15) is 0 Å². The molecule has 0 aliphatic carbocycles. The van der Waals surface area contributed by atoms with Crippen molar-refractivity contribution in [2.75, 3.05) is 61.2 Å². The number of guanidine groups is 1. The van der Waals surface area contributed by atoms with Crippen LogP contribution in [-0.4, -0.2) is 72.1 Å². The van der Waals surface area contributed by atoms with Crippen LogP contribution in [0.5, 0.6) is 17.2 Å². The molecule has 1 aliphatic heterocycles. The van der Waals surface area contributed by atoms with E-state index in [2.05, 4.69) is 24.2 Å². The van der Waals surface area contributed by atoms with Crippen molar-refractivity contribution in [3.05, 3.63) is 17.7 Å². The zero-order valence-electron chi connectivity index (χ0n) is 17.2. The van der Waals surface area contributed by atoms with Gasteiger partial charge in [0.05, 0.1) is 27.9 Å². The van der Waals surface area contributed by atoms with Gasteiger partial charge in [-0.15, -0.1) is 0 Å². The van der Waals surface area contributed by atoms with Crippen LogP contribution in [0.15, 0.2) is 17.1 Å². The van der Waals surface area contributed by atoms with Crippen LogP contribution < -0.4 is 19.5 Å². The molecule has 1 aliphatic rings. The van der Waals surface area contributed by atoms with Crippen LogP contribution in [0.4, 0.5) is 0 Å². The first-order chi connectivity index (χ1) is 13.1. The number of hydrogen-bond donors (Lipinski definition) is 1. The lowest BCUT2D eigenvalue weighted by atomic mass is 10.1. The first kappa shape index (κ1) is 21.2. The molecule has 1 unspecified atom stereocenters. The highest BCUT2D eigenvalue weighted by Gasteiger charge is 2.19. The monoisotopic (exact) mass is 379 g/mol. The molecule has 0 aromatic heterocycles. The summed E-state index contributed by atoms with van der Waals surface area (Å²) in [6.07, 6.45) is 1.87. The van der Waals surface area contributed by atoms with Gasteiger partial charge in [0.25, 0.3) is 0 Å². The standard InChI is InChI=1S/C20H33N3O4/c1-6-21-20(23(2)13-15-10-12-27-14-15)22-11-9-16-7-8-17(24-3)19(26-5)18(16)25-4/h7-8,15H,6,9-14H2,1-5H3,(H,21,22). The van der Waals surface area contributed by atoms with E-state index < -0.39 is 0 Å². The van der Waals surface area contributed by atoms with Crippen molar-refractivity contribution in [1.82, 2.24) is 10.2 Å². The molecule has 7 nitrogen and oxygen atoms in total. The number of nitrogens with zero attached hydrogens (tertiary/aromatic N) is 2. The average Bonchev–Trinajstić information content (AvgIpc) is 3.19. The van der Waals surface area contributed by atoms with Gasteiger partial charge in [-0.3, -0.25) is 4.99 Å². The third kappa shape index (κ3) is 5.66. The van der Waals surface area contributed by atoms with Crippen LogP contribution in [0.2, 0.25) is 0 Å². The predicted octanol–water partition coefficient (Wildman–Crippen LogP) is 2.19. The Morgan fingerprint density at radius 2 is 2.00 bits per heavy atom. The van der Waals surface area contributed by atoms with E-state index >= 15 is 0 Å². The number of hydrogen-bond acceptors (Lipinski definition) is 5. The Bertz CT molecular complexity index is 615. The molecule has 0 amide bonds. The van der Waals surface area contributed by atoms with Crippen LogP contribution in [0.3, 0.4) is 0 Å². The molecule has 27 heavy (non-hydrogen) atoms. The maximum atomic E-state index is 5.56. The second kappa shape index (κ2) is 10.9. The number of nitrogens with one attached hydrogen (secondary N) is 1. The summed E-state index contributed by atoms with van der Waals surface area (Å²) in [5, 5.41) is 3.37. The van der Waals surface area contributed by atoms with Crippen molar-refractivity contribution in [1.29, 1.82) is 0 Å². The quantitative estimate of drug-likeness (QED) is 0.524. The Morgan fingerprint density at radius 3 is 2.59 bits per heavy atom. The van der Waals surface area contributed by atoms with E-state index in [1.807, 2.05) is 12.1 Å². The van der Waals surface area contributed by atoms with Crippen molar-refractivity contribution >= 4 is 5.96 Å². The molecule has 1 saturated heterocycles. The van der Waals surface area contributed by atoms with Crippen molar-refractivity contribution in [3.8, 4) is 17.2 Å². The summed E-state index contributed by atoms with van der Waals surface area (Å²) >= 11 is 0. The highest BCUT2D eigenvalue weighted by molar-refractivity contribution is 5.79. The van der Waals surface area contributed by atoms with Gasteiger partial charge in [0.2, 0.25) is 5.75 Å². The largest absolute Gasteiger partial charge is 0.493 e. The lowest BCUT2D eigenvalue weighted by Gasteiger charge is -2.24. The van der Waals surface area contributed by atoms with Crippen LogP contribution in [0, 0.1) is 5.92 Å². The third-order valence-electron chi connectivity index (χ3n) is 4.68. The zero-order valence-corrected chi connectivity index (χ0v) is 17.2. The maximum Gasteiger partial charge on any atom is 0.203 e. The van der Waals surface area contributed by atoms with E-state index in [1.165, 1.54) is 0 Å². The fourth-order valence-corrected chi connectivity index (χ4v) is 3.31. The molecule has 1 aromatic rings. The Kier molecular flexibility index (Phi) is 8.51. The predicted molar refractivity (Wildman–Crippen MR) is 107 cm³/mol. The molecule has 0 radical (unpaired) electrons. The summed E-state index contributed by atoms with van der Waals surface area (Å²) in [5.74, 6) is 3.47. The van der Waals surface area contributed by atoms with Crippen LogP contribution in [0.1, 0.15) is 18.9 Å². The summed E-state index contributed by atoms with van der Waals surface area (Å²) in [4.78, 5) is 6.98. The molecule has 1 atom stereocenters. The van der Waals surface area contributed by atoms with Gasteiger partial charge in [-0.05, 0) is 25.8 Å². The summed E-state index contributed by atoms with van der Waals surface area (Å²) in [6, 6.07) is 3.90. The molecule has 152 valence electrons. The van der Waals surface area contributed by atoms with Gasteiger partial charge in [-0.25, -0.2) is 0 Å². The minimum Gasteiger partial charge on any atom is -0.493 e. The molecule has 1 heterocycles. The normalized spacial score (nSPS) is 16.9. The Labute approximate surface area is 162 Å². The van der Waals surface area contributed by atoms with Gasteiger partial charge in [-0.1, -0.05) is 6.07 Å². The smallest absolute Gasteiger partial charge is 0.203 e. The molecule has 7 heteroatoms. The van der Waals surface area contributed by atoms with Crippen LogP contribution in [-0.2, 0) is 11.2 Å². The number of aliphatic imine (C=N–C) groups is 1. The van der Waals surface area contributed by atoms with Gasteiger partial charge in [-0.2, -0.15) is 0 Å². The lowest BCUT2D eigenvalue weighted by Crippen LogP contribution is -2.41. The SMILES string of the molecule is CCNC(=NCCc1ccc(OC)c(OC)c1OC)N(C)CC1CCOC1. The minimum atomic E-state index is 0.574. The van der Waals surface area contributed by atoms with Gasteiger partial charge >= 0.3 is 0 Å². The Balaban J connectivity index is 2.05. The van der Waals surface area contributed by atoms with E-state index in [0.717, 1.165) is 50.7 Å². The zero-order chi connectivity index (χ0) is 19.6. The summed E-state index contributed by atoms with van der Waals surface area (Å²) in [7, 11) is 6.96. The van der Waals surface area contributed by atoms with Crippen LogP contribution >= 0.6 is 0 Å². The van der Waals surface area contributed by atoms with E-state index in [0.29, 0.717) is 29.7 Å². The maximum absolute atomic E-state index is 5.56. The minimum absolute atomic E-state index is 0.574. The molecule has 0 spiro atoms. The molecule has 1 N–H and O–H groups in total. The van der Waals surface area contributed by atoms with Gasteiger partial charge in [0.15, 0.2) is 17.5 Å². The fraction of sp³-hybridized carbons (Fsp3) is 0.650. The Morgan fingerprint density at radius 1 is 1.22 bits per heavy atom. The summed E-state index contributed by atoms with van der Waals surface area (Å²) in [5.41, 5.74) is 1.04. The van der Waals surface area contributed by atoms with Gasteiger partial charge < -0.3 is 29.2 Å². The molecular weight excluding hydrogens is 346 g/mol. The van der Waals surface area contributed by atoms with Gasteiger partial charge in [0, 0.05) is 44.8 Å². The summed E-state index contributed by atoms with van der Waals surface area (Å²) < 4.78 is 21.8. The van der Waals surface area contributed by atoms with Crippen molar-refractivity contribution in [2.45, 2.75) is 19.8 Å². The molecule has 1 aromatic carbocycles. The number of ether oxygens (including phenoxy) is 4. The topological polar surface area (TPSA) is 64.6 Å². The van der Waals surface area contributed by atoms with E-state index in [9.17, 15) is 0 Å². The summed E-state index contributed by atoms with van der Waals surface area (Å²) in [6.45, 7) is 6.23. The van der Waals surface area contributed by atoms with E-state index in [-0.39, 0.29) is 0 Å². The molecule has 0 bridgehead atoms. The number of rotatable bonds is 9. The van der Waals surface area contributed by atoms with E-state index in [1.54, 1.807) is 21.3 Å². The third-order valence-corrected chi connectivity index (χ3v) is 4.68. The highest BCUT2D eigenvalue weighted by Crippen LogP contribution is 2.39. The van der Waals surface area contributed by atoms with E-state index in [4.69, 9.17) is 23.9 Å². The van der Waals surface area contributed by atoms with Crippen molar-refractivity contribution in [2.24, 2.45) is 10.9 Å². The first-order valence-corrected chi connectivity index (χ1v) is 9.49. The molecule has 2 rings (SSSR count). The second-order valence-electron chi connectivity index (χ2n) is 6.59. The molecule has 0 saturated carbocycles. The number of methoxy groups -OCH3 is 3. The van der Waals surface area contributed by atoms with Crippen molar-refractivity contribution < 1.29 is 18.9 Å². The fourth-order valence-electron chi connectivity index (χ4n) is 3.31. The molecular formula is C20H33N3O4. The number of benzene rings is 1. The van der Waals surface area contributed by atoms with Crippen molar-refractivity contribution in [3.63, 3.8) is 0 Å². The Hall–Kier alpha value is -2.15. The lowest BCUT2D eigenvalue weighted by molar-refractivity contribution is 0.181. The average molecular weight is 380 g/mol. The highest BCUT2D eigenvalue weighted by atomic mass is 16.5. The second-order valence-corrected chi connectivity index (χ2v) is 6.59. The first-order valence-electron chi connectivity index (χ1n) is 9.49. The molecule has 1 fully saturated rings.